The van der Waals surface area contributed by atoms with Crippen molar-refractivity contribution in [2.75, 3.05) is 0 Å². The van der Waals surface area contributed by atoms with Gasteiger partial charge in [-0.05, 0) is 6.42 Å². The Hall–Kier alpha value is -2.64. The highest BCUT2D eigenvalue weighted by Gasteiger charge is 2.19. The lowest BCUT2D eigenvalue weighted by molar-refractivity contribution is -0.132. The Morgan fingerprint density at radius 3 is 2.36 bits per heavy atom. The molecule has 0 bridgehead atoms. The van der Waals surface area contributed by atoms with E-state index in [-0.39, 0.29) is 23.2 Å². The Morgan fingerprint density at radius 2 is 1.82 bits per heavy atom. The molecule has 2 aromatic heterocycles. The molecule has 1 N–H and O–H groups in total. The molecule has 2 aromatic rings. The normalized spacial score (nSPS) is 12.1. The van der Waals surface area contributed by atoms with Crippen molar-refractivity contribution in [3.8, 4) is 0 Å². The smallest absolute Gasteiger partial charge is 0.332 e. The molecule has 0 amide bonds. The number of nitrogens with zero attached hydrogens (tertiary/aromatic N) is 4. The maximum Gasteiger partial charge on any atom is 0.332 e. The molecule has 2 rings (SSSR count). The van der Waals surface area contributed by atoms with Gasteiger partial charge in [0.15, 0.2) is 11.2 Å². The van der Waals surface area contributed by atoms with E-state index in [0.717, 1.165) is 4.57 Å². The second-order valence-corrected chi connectivity index (χ2v) is 5.08. The highest BCUT2D eigenvalue weighted by molar-refractivity contribution is 5.87. The molecule has 0 spiro atoms. The number of allylic oxidation sites excluding steroid dienone is 1. The van der Waals surface area contributed by atoms with Crippen molar-refractivity contribution in [2.45, 2.75) is 19.8 Å². The molecule has 0 saturated carbocycles. The molecule has 8 nitrogen and oxygen atoms in total. The molecular formula is C14H18N4O4. The van der Waals surface area contributed by atoms with Gasteiger partial charge in [-0.25, -0.2) is 14.6 Å². The van der Waals surface area contributed by atoms with Gasteiger partial charge in [0.2, 0.25) is 0 Å². The zero-order chi connectivity index (χ0) is 16.6. The zero-order valence-corrected chi connectivity index (χ0v) is 13.0. The molecule has 8 heteroatoms. The molecule has 0 fully saturated rings. The number of hydrogen-bond acceptors (Lipinski definition) is 4. The van der Waals surface area contributed by atoms with Crippen molar-refractivity contribution in [2.24, 2.45) is 21.1 Å². The summed E-state index contributed by atoms with van der Waals surface area (Å²) in [7, 11) is 4.57. The average Bonchev–Trinajstić information content (AvgIpc) is 2.79. The first-order valence-electron chi connectivity index (χ1n) is 6.83. The highest BCUT2D eigenvalue weighted by atomic mass is 16.4. The number of hydrogen-bond donors (Lipinski definition) is 1. The van der Waals surface area contributed by atoms with E-state index in [0.29, 0.717) is 12.2 Å². The number of aryl methyl sites for hydroxylation is 2. The molecule has 0 saturated heterocycles. The van der Waals surface area contributed by atoms with Crippen LogP contribution in [0.3, 0.4) is 0 Å². The predicted octanol–water partition coefficient (Wildman–Crippen LogP) is -0.0658. The lowest BCUT2D eigenvalue weighted by atomic mass is 10.1. The molecule has 0 radical (unpaired) electrons. The predicted molar refractivity (Wildman–Crippen MR) is 80.9 cm³/mol. The maximum atomic E-state index is 12.2. The topological polar surface area (TPSA) is 99.1 Å². The van der Waals surface area contributed by atoms with Crippen LogP contribution < -0.4 is 11.2 Å². The van der Waals surface area contributed by atoms with E-state index >= 15 is 0 Å². The first-order chi connectivity index (χ1) is 10.3. The van der Waals surface area contributed by atoms with Crippen LogP contribution in [0.25, 0.3) is 11.2 Å². The van der Waals surface area contributed by atoms with Gasteiger partial charge in [0.05, 0.1) is 0 Å². The van der Waals surface area contributed by atoms with Crippen molar-refractivity contribution in [1.82, 2.24) is 18.7 Å². The molecular weight excluding hydrogens is 288 g/mol. The summed E-state index contributed by atoms with van der Waals surface area (Å²) in [6, 6.07) is 0. The maximum absolute atomic E-state index is 12.2. The first-order valence-corrected chi connectivity index (χ1v) is 6.83. The summed E-state index contributed by atoms with van der Waals surface area (Å²) < 4.78 is 3.83. The Kier molecular flexibility index (Phi) is 4.03. The molecule has 0 atom stereocenters. The van der Waals surface area contributed by atoms with Crippen LogP contribution >= 0.6 is 0 Å². The summed E-state index contributed by atoms with van der Waals surface area (Å²) in [5.74, 6) is -0.592. The second-order valence-electron chi connectivity index (χ2n) is 5.08. The van der Waals surface area contributed by atoms with E-state index in [1.165, 1.54) is 18.7 Å². The van der Waals surface area contributed by atoms with E-state index in [9.17, 15) is 19.5 Å². The van der Waals surface area contributed by atoms with Crippen LogP contribution in [0.5, 0.6) is 0 Å². The summed E-state index contributed by atoms with van der Waals surface area (Å²) in [6.45, 7) is 1.84. The number of carboxylic acid groups (broad SMARTS) is 1. The van der Waals surface area contributed by atoms with E-state index in [2.05, 4.69) is 4.98 Å². The van der Waals surface area contributed by atoms with Crippen molar-refractivity contribution in [1.29, 1.82) is 0 Å². The van der Waals surface area contributed by atoms with Gasteiger partial charge in [-0.2, -0.15) is 0 Å². The third kappa shape index (κ3) is 2.36. The SMILES string of the molecule is CCC=C(Cc1nc2c(c(=O)n(C)c(=O)n2C)n1C)C(=O)O. The lowest BCUT2D eigenvalue weighted by Crippen LogP contribution is -2.37. The molecule has 0 aliphatic rings. The van der Waals surface area contributed by atoms with Crippen LogP contribution in [-0.2, 0) is 32.4 Å². The third-order valence-electron chi connectivity index (χ3n) is 3.64. The number of rotatable bonds is 4. The van der Waals surface area contributed by atoms with Gasteiger partial charge >= 0.3 is 11.7 Å². The third-order valence-corrected chi connectivity index (χ3v) is 3.64. The minimum absolute atomic E-state index is 0.0890. The minimum atomic E-state index is -1.02. The van der Waals surface area contributed by atoms with Crippen molar-refractivity contribution in [3.63, 3.8) is 0 Å². The van der Waals surface area contributed by atoms with Crippen molar-refractivity contribution in [3.05, 3.63) is 38.3 Å². The molecule has 118 valence electrons. The molecule has 0 aliphatic carbocycles. The largest absolute Gasteiger partial charge is 0.478 e. The van der Waals surface area contributed by atoms with Gasteiger partial charge in [0.25, 0.3) is 5.56 Å². The summed E-state index contributed by atoms with van der Waals surface area (Å²) in [5.41, 5.74) is -0.171. The molecule has 0 unspecified atom stereocenters. The summed E-state index contributed by atoms with van der Waals surface area (Å²) in [4.78, 5) is 39.7. The molecule has 0 aromatic carbocycles. The van der Waals surface area contributed by atoms with Gasteiger partial charge in [0, 0.05) is 33.1 Å². The average molecular weight is 306 g/mol. The number of imidazole rings is 1. The van der Waals surface area contributed by atoms with Crippen LogP contribution in [0, 0.1) is 0 Å². The Labute approximate surface area is 125 Å². The van der Waals surface area contributed by atoms with Crippen molar-refractivity contribution >= 4 is 17.1 Å². The standard InChI is InChI=1S/C14H18N4O4/c1-5-6-8(13(20)21)7-9-15-11-10(16(9)2)12(19)18(4)14(22)17(11)3/h6H,5,7H2,1-4H3,(H,20,21). The van der Waals surface area contributed by atoms with E-state index in [4.69, 9.17) is 0 Å². The fourth-order valence-electron chi connectivity index (χ4n) is 2.37. The summed E-state index contributed by atoms with van der Waals surface area (Å²) in [6.07, 6.45) is 2.29. The van der Waals surface area contributed by atoms with Crippen LogP contribution in [-0.4, -0.2) is 29.8 Å². The Morgan fingerprint density at radius 1 is 1.18 bits per heavy atom. The van der Waals surface area contributed by atoms with E-state index in [1.54, 1.807) is 17.7 Å². The van der Waals surface area contributed by atoms with Crippen LogP contribution in [0.4, 0.5) is 0 Å². The lowest BCUT2D eigenvalue weighted by Gasteiger charge is -2.04. The number of carboxylic acids is 1. The van der Waals surface area contributed by atoms with Gasteiger partial charge in [-0.3, -0.25) is 13.9 Å². The molecule has 2 heterocycles. The molecule has 22 heavy (non-hydrogen) atoms. The number of aliphatic carboxylic acids is 1. The quantitative estimate of drug-likeness (QED) is 0.797. The fraction of sp³-hybridized carbons (Fsp3) is 0.429. The Bertz CT molecular complexity index is 898. The van der Waals surface area contributed by atoms with E-state index in [1.807, 2.05) is 6.92 Å². The van der Waals surface area contributed by atoms with Crippen molar-refractivity contribution < 1.29 is 9.90 Å². The highest BCUT2D eigenvalue weighted by Crippen LogP contribution is 2.13. The van der Waals surface area contributed by atoms with Gasteiger partial charge in [-0.15, -0.1) is 0 Å². The minimum Gasteiger partial charge on any atom is -0.478 e. The van der Waals surface area contributed by atoms with Crippen LogP contribution in [0.2, 0.25) is 0 Å². The second kappa shape index (κ2) is 5.63. The monoisotopic (exact) mass is 306 g/mol. The number of carbonyl (C=O) groups is 1. The summed E-state index contributed by atoms with van der Waals surface area (Å²) >= 11 is 0. The van der Waals surface area contributed by atoms with Gasteiger partial charge in [0.1, 0.15) is 5.82 Å². The summed E-state index contributed by atoms with van der Waals surface area (Å²) in [5, 5.41) is 9.20. The van der Waals surface area contributed by atoms with Gasteiger partial charge in [-0.1, -0.05) is 13.0 Å². The Balaban J connectivity index is 2.71. The number of fused-ring (bicyclic) bond motifs is 1. The molecule has 0 aliphatic heterocycles. The van der Waals surface area contributed by atoms with Crippen LogP contribution in [0.15, 0.2) is 21.2 Å². The zero-order valence-electron chi connectivity index (χ0n) is 13.0. The van der Waals surface area contributed by atoms with Crippen LogP contribution in [0.1, 0.15) is 19.2 Å². The fourth-order valence-corrected chi connectivity index (χ4v) is 2.37. The van der Waals surface area contributed by atoms with Gasteiger partial charge < -0.3 is 9.67 Å². The first kappa shape index (κ1) is 15.7. The number of aromatic nitrogens is 4. The van der Waals surface area contributed by atoms with E-state index < -0.39 is 17.2 Å².